The lowest BCUT2D eigenvalue weighted by molar-refractivity contribution is -0.152. The first-order valence-electron chi connectivity index (χ1n) is 14.8. The van der Waals surface area contributed by atoms with Gasteiger partial charge in [0.25, 0.3) is 0 Å². The van der Waals surface area contributed by atoms with Crippen LogP contribution >= 0.6 is 0 Å². The molecule has 0 bridgehead atoms. The molecule has 2 N–H and O–H groups in total. The summed E-state index contributed by atoms with van der Waals surface area (Å²) in [4.78, 5) is 52.2. The second-order valence-electron chi connectivity index (χ2n) is 11.8. The predicted octanol–water partition coefficient (Wildman–Crippen LogP) is 7.00. The van der Waals surface area contributed by atoms with Gasteiger partial charge in [-0.05, 0) is 58.1 Å². The molecule has 2 aromatic rings. The number of hydrogen-bond donors (Lipinski definition) is 2. The van der Waals surface area contributed by atoms with Crippen LogP contribution in [0.2, 0.25) is 0 Å². The first-order valence-corrected chi connectivity index (χ1v) is 14.8. The molecule has 2 heterocycles. The summed E-state index contributed by atoms with van der Waals surface area (Å²) in [5.74, 6) is -0.716. The van der Waals surface area contributed by atoms with Gasteiger partial charge < -0.3 is 24.7 Å². The standard InChI is InChI=1S/C17H30N2O5.C11H8F3NO.2C2H6/c1-16(2,3)12(18-15(22)24-17(4,5)6)13(20)19-10-8-9-11(19)14(21)23-7;1-6-2-3-8-7(4-6)9(16)5-10(15-8)11(12,13)14;2*1-2/h11-12H,8-10H2,1-7H3,(H,18,22);2-5H,1H3,(H,15,16);2*1-2H3/t11?,12-;;;/m1.../s1. The maximum atomic E-state index is 13.0. The van der Waals surface area contributed by atoms with Gasteiger partial charge in [0.15, 0.2) is 5.43 Å². The smallest absolute Gasteiger partial charge is 0.431 e. The number of carbonyl (C=O) groups is 3. The third kappa shape index (κ3) is 12.2. The molecule has 1 aliphatic heterocycles. The van der Waals surface area contributed by atoms with Crippen LogP contribution in [0.15, 0.2) is 29.1 Å². The normalized spacial score (nSPS) is 15.3. The third-order valence-corrected chi connectivity index (χ3v) is 6.07. The highest BCUT2D eigenvalue weighted by Gasteiger charge is 2.42. The number of fused-ring (bicyclic) bond motifs is 1. The minimum Gasteiger partial charge on any atom is -0.467 e. The van der Waals surface area contributed by atoms with E-state index in [1.54, 1.807) is 39.8 Å². The molecular weight excluding hydrogens is 579 g/mol. The first kappa shape index (κ1) is 40.4. The Morgan fingerprint density at radius 1 is 1.00 bits per heavy atom. The number of nitrogens with one attached hydrogen (secondary N) is 2. The minimum atomic E-state index is -4.53. The maximum Gasteiger partial charge on any atom is 0.431 e. The first-order chi connectivity index (χ1) is 20.2. The van der Waals surface area contributed by atoms with Crippen LogP contribution in [0.25, 0.3) is 10.9 Å². The van der Waals surface area contributed by atoms with Crippen molar-refractivity contribution in [3.8, 4) is 0 Å². The number of esters is 1. The second kappa shape index (κ2) is 17.1. The Balaban J connectivity index is 0.000000798. The van der Waals surface area contributed by atoms with Crippen molar-refractivity contribution >= 4 is 28.9 Å². The third-order valence-electron chi connectivity index (χ3n) is 6.07. The summed E-state index contributed by atoms with van der Waals surface area (Å²) in [6, 6.07) is 3.89. The Bertz CT molecular complexity index is 1290. The van der Waals surface area contributed by atoms with E-state index in [0.717, 1.165) is 12.0 Å². The maximum absolute atomic E-state index is 13.0. The molecule has 9 nitrogen and oxygen atoms in total. The molecule has 2 atom stereocenters. The Kier molecular flexibility index (Phi) is 15.7. The molecule has 3 rings (SSSR count). The number of H-pyrrole nitrogens is 1. The van der Waals surface area contributed by atoms with E-state index in [0.29, 0.717) is 19.0 Å². The molecule has 1 aliphatic rings. The number of methoxy groups -OCH3 is 1. The summed E-state index contributed by atoms with van der Waals surface area (Å²) in [5, 5.41) is 2.93. The quantitative estimate of drug-likeness (QED) is 0.353. The van der Waals surface area contributed by atoms with Gasteiger partial charge in [-0.2, -0.15) is 13.2 Å². The molecule has 1 unspecified atom stereocenters. The van der Waals surface area contributed by atoms with Gasteiger partial charge in [0.2, 0.25) is 5.91 Å². The van der Waals surface area contributed by atoms with Crippen LogP contribution in [0.3, 0.4) is 0 Å². The molecule has 2 amide bonds. The van der Waals surface area contributed by atoms with Crippen molar-refractivity contribution in [2.45, 2.75) is 113 Å². The molecule has 250 valence electrons. The van der Waals surface area contributed by atoms with Crippen molar-refractivity contribution in [1.29, 1.82) is 0 Å². The van der Waals surface area contributed by atoms with Crippen LogP contribution in [-0.4, -0.2) is 59.2 Å². The van der Waals surface area contributed by atoms with Crippen LogP contribution < -0.4 is 10.7 Å². The van der Waals surface area contributed by atoms with Crippen LogP contribution in [0.5, 0.6) is 0 Å². The number of rotatable bonds is 3. The topological polar surface area (TPSA) is 118 Å². The van der Waals surface area contributed by atoms with Gasteiger partial charge in [-0.1, -0.05) is 60.1 Å². The molecule has 0 radical (unpaired) electrons. The molecular formula is C32H50F3N3O6. The van der Waals surface area contributed by atoms with Gasteiger partial charge >= 0.3 is 18.2 Å². The van der Waals surface area contributed by atoms with E-state index in [-0.39, 0.29) is 16.8 Å². The highest BCUT2D eigenvalue weighted by Crippen LogP contribution is 2.28. The van der Waals surface area contributed by atoms with Crippen LogP contribution in [0.4, 0.5) is 18.0 Å². The lowest BCUT2D eigenvalue weighted by Crippen LogP contribution is -2.57. The lowest BCUT2D eigenvalue weighted by Gasteiger charge is -2.35. The minimum absolute atomic E-state index is 0.199. The fourth-order valence-corrected chi connectivity index (χ4v) is 4.17. The largest absolute Gasteiger partial charge is 0.467 e. The van der Waals surface area contributed by atoms with E-state index in [2.05, 4.69) is 10.3 Å². The molecule has 1 aromatic carbocycles. The monoisotopic (exact) mass is 629 g/mol. The zero-order valence-electron chi connectivity index (χ0n) is 28.1. The van der Waals surface area contributed by atoms with Crippen LogP contribution in [0, 0.1) is 12.3 Å². The summed E-state index contributed by atoms with van der Waals surface area (Å²) in [6.45, 7) is 21.1. The van der Waals surface area contributed by atoms with Crippen molar-refractivity contribution in [2.75, 3.05) is 13.7 Å². The number of alkyl carbamates (subject to hydrolysis) is 1. The van der Waals surface area contributed by atoms with E-state index < -0.39 is 52.5 Å². The lowest BCUT2D eigenvalue weighted by atomic mass is 9.85. The fraction of sp³-hybridized carbons (Fsp3) is 0.625. The number of aromatic amines is 1. The Morgan fingerprint density at radius 2 is 1.57 bits per heavy atom. The van der Waals surface area contributed by atoms with E-state index in [1.165, 1.54) is 18.1 Å². The number of pyridine rings is 1. The number of nitrogens with zero attached hydrogens (tertiary/aromatic N) is 1. The van der Waals surface area contributed by atoms with Gasteiger partial charge in [0.1, 0.15) is 23.4 Å². The Morgan fingerprint density at radius 3 is 2.05 bits per heavy atom. The predicted molar refractivity (Wildman–Crippen MR) is 166 cm³/mol. The number of aromatic nitrogens is 1. The average molecular weight is 630 g/mol. The molecule has 0 aliphatic carbocycles. The van der Waals surface area contributed by atoms with Crippen molar-refractivity contribution in [2.24, 2.45) is 5.41 Å². The molecule has 0 spiro atoms. The molecule has 1 saturated heterocycles. The molecule has 0 saturated carbocycles. The van der Waals surface area contributed by atoms with E-state index >= 15 is 0 Å². The number of alkyl halides is 3. The number of benzene rings is 1. The summed E-state index contributed by atoms with van der Waals surface area (Å²) < 4.78 is 47.3. The summed E-state index contributed by atoms with van der Waals surface area (Å²) in [5.41, 5.74) is -1.79. The van der Waals surface area contributed by atoms with Gasteiger partial charge in [-0.15, -0.1) is 0 Å². The van der Waals surface area contributed by atoms with Crippen LogP contribution in [0.1, 0.15) is 93.3 Å². The van der Waals surface area contributed by atoms with Gasteiger partial charge in [0.05, 0.1) is 7.11 Å². The SMILES string of the molecule is CC.CC.COC(=O)C1CCCN1C(=O)[C@@H](NC(=O)OC(C)(C)C)C(C)(C)C.Cc1ccc2[nH]c(C(F)(F)F)cc(=O)c2c1. The number of amides is 2. The van der Waals surface area contributed by atoms with Crippen molar-refractivity contribution in [1.82, 2.24) is 15.2 Å². The summed E-state index contributed by atoms with van der Waals surface area (Å²) >= 11 is 0. The molecule has 1 fully saturated rings. The number of carbonyl (C=O) groups excluding carboxylic acids is 3. The number of ether oxygens (including phenoxy) is 2. The second-order valence-corrected chi connectivity index (χ2v) is 11.8. The van der Waals surface area contributed by atoms with Crippen molar-refractivity contribution < 1.29 is 37.0 Å². The van der Waals surface area contributed by atoms with Gasteiger partial charge in [0, 0.05) is 23.5 Å². The highest BCUT2D eigenvalue weighted by atomic mass is 19.4. The summed E-state index contributed by atoms with van der Waals surface area (Å²) in [6.07, 6.45) is -3.88. The highest BCUT2D eigenvalue weighted by molar-refractivity contribution is 5.90. The Hall–Kier alpha value is -3.57. The Labute approximate surface area is 258 Å². The van der Waals surface area contributed by atoms with Gasteiger partial charge in [-0.25, -0.2) is 9.59 Å². The van der Waals surface area contributed by atoms with E-state index in [9.17, 15) is 32.3 Å². The number of hydrogen-bond acceptors (Lipinski definition) is 6. The average Bonchev–Trinajstić information content (AvgIpc) is 3.42. The number of aryl methyl sites for hydroxylation is 1. The zero-order chi connectivity index (χ0) is 34.6. The van der Waals surface area contributed by atoms with Crippen molar-refractivity contribution in [3.63, 3.8) is 0 Å². The van der Waals surface area contributed by atoms with E-state index in [1.807, 2.05) is 48.5 Å². The molecule has 44 heavy (non-hydrogen) atoms. The fourth-order valence-electron chi connectivity index (χ4n) is 4.17. The number of halogens is 3. The van der Waals surface area contributed by atoms with Crippen LogP contribution in [-0.2, 0) is 25.2 Å². The molecule has 1 aromatic heterocycles. The molecule has 12 heteroatoms. The van der Waals surface area contributed by atoms with Crippen molar-refractivity contribution in [3.05, 3.63) is 45.7 Å². The summed E-state index contributed by atoms with van der Waals surface area (Å²) in [7, 11) is 1.31. The zero-order valence-corrected chi connectivity index (χ0v) is 28.1. The van der Waals surface area contributed by atoms with Gasteiger partial charge in [-0.3, -0.25) is 9.59 Å². The number of likely N-dealkylation sites (tertiary alicyclic amines) is 1. The van der Waals surface area contributed by atoms with E-state index in [4.69, 9.17) is 9.47 Å².